The van der Waals surface area contributed by atoms with E-state index in [4.69, 9.17) is 5.21 Å². The van der Waals surface area contributed by atoms with E-state index in [1.54, 1.807) is 24.3 Å². The zero-order valence-corrected chi connectivity index (χ0v) is 8.12. The topological polar surface area (TPSA) is 75.7 Å². The second-order valence-electron chi connectivity index (χ2n) is 2.88. The zero-order valence-electron chi connectivity index (χ0n) is 8.12. The number of nitro groups is 1. The molecule has 0 heterocycles. The van der Waals surface area contributed by atoms with E-state index in [-0.39, 0.29) is 11.4 Å². The first-order valence-electron chi connectivity index (χ1n) is 4.25. The lowest BCUT2D eigenvalue weighted by atomic mass is 10.1. The normalized spacial score (nSPS) is 12.6. The molecule has 0 aliphatic heterocycles. The first kappa shape index (κ1) is 10.9. The summed E-state index contributed by atoms with van der Waals surface area (Å²) in [6.45, 7) is 1.37. The number of oxime groups is 1. The first-order chi connectivity index (χ1) is 7.15. The van der Waals surface area contributed by atoms with E-state index in [0.29, 0.717) is 5.56 Å². The number of hydrogen-bond donors (Lipinski definition) is 1. The summed E-state index contributed by atoms with van der Waals surface area (Å²) in [5, 5.41) is 21.9. The lowest BCUT2D eigenvalue weighted by Gasteiger charge is -1.96. The Bertz CT molecular complexity index is 410. The fourth-order valence-corrected chi connectivity index (χ4v) is 1.05. The van der Waals surface area contributed by atoms with E-state index in [9.17, 15) is 10.1 Å². The van der Waals surface area contributed by atoms with Gasteiger partial charge in [0.05, 0.1) is 4.92 Å². The third-order valence-electron chi connectivity index (χ3n) is 1.82. The predicted molar refractivity (Wildman–Crippen MR) is 56.3 cm³/mol. The van der Waals surface area contributed by atoms with Crippen LogP contribution in [0.5, 0.6) is 0 Å². The van der Waals surface area contributed by atoms with Crippen LogP contribution in [-0.2, 0) is 0 Å². The van der Waals surface area contributed by atoms with Crippen molar-refractivity contribution >= 4 is 11.8 Å². The number of allylic oxidation sites excluding steroid dienone is 1. The minimum Gasteiger partial charge on any atom is -0.410 e. The summed E-state index contributed by atoms with van der Waals surface area (Å²) in [5.41, 5.74) is 0.444. The molecule has 1 rings (SSSR count). The largest absolute Gasteiger partial charge is 0.410 e. The van der Waals surface area contributed by atoms with E-state index in [2.05, 4.69) is 5.16 Å². The van der Waals surface area contributed by atoms with Crippen molar-refractivity contribution in [1.29, 1.82) is 0 Å². The molecule has 15 heavy (non-hydrogen) atoms. The first-order valence-corrected chi connectivity index (χ1v) is 4.25. The Morgan fingerprint density at radius 1 is 1.47 bits per heavy atom. The van der Waals surface area contributed by atoms with Crippen LogP contribution in [0, 0.1) is 10.1 Å². The molecule has 0 amide bonds. The van der Waals surface area contributed by atoms with Crippen LogP contribution in [0.25, 0.3) is 6.08 Å². The molecule has 0 spiro atoms. The van der Waals surface area contributed by atoms with E-state index >= 15 is 0 Å². The average molecular weight is 206 g/mol. The van der Waals surface area contributed by atoms with Gasteiger partial charge in [0.2, 0.25) is 0 Å². The molecule has 0 bridgehead atoms. The molecule has 0 saturated carbocycles. The Hall–Kier alpha value is -2.17. The molecule has 0 fully saturated rings. The Morgan fingerprint density at radius 3 is 2.53 bits per heavy atom. The quantitative estimate of drug-likeness (QED) is 0.356. The van der Waals surface area contributed by atoms with Gasteiger partial charge in [-0.15, -0.1) is 0 Å². The number of benzene rings is 1. The van der Waals surface area contributed by atoms with Gasteiger partial charge in [0.15, 0.2) is 5.71 Å². The van der Waals surface area contributed by atoms with Gasteiger partial charge in [-0.05, 0) is 12.5 Å². The van der Waals surface area contributed by atoms with Crippen LogP contribution in [0.15, 0.2) is 41.2 Å². The summed E-state index contributed by atoms with van der Waals surface area (Å²) >= 11 is 0. The molecule has 0 radical (unpaired) electrons. The fourth-order valence-electron chi connectivity index (χ4n) is 1.05. The molecule has 1 aromatic carbocycles. The van der Waals surface area contributed by atoms with Gasteiger partial charge in [0, 0.05) is 6.08 Å². The molecule has 78 valence electrons. The van der Waals surface area contributed by atoms with Crippen LogP contribution in [0.2, 0.25) is 0 Å². The highest BCUT2D eigenvalue weighted by molar-refractivity contribution is 5.99. The van der Waals surface area contributed by atoms with Crippen molar-refractivity contribution in [3.63, 3.8) is 0 Å². The summed E-state index contributed by atoms with van der Waals surface area (Å²) < 4.78 is 0. The molecule has 1 aromatic rings. The van der Waals surface area contributed by atoms with Gasteiger partial charge in [-0.2, -0.15) is 0 Å². The number of hydrogen-bond acceptors (Lipinski definition) is 4. The van der Waals surface area contributed by atoms with Crippen molar-refractivity contribution in [3.8, 4) is 0 Å². The van der Waals surface area contributed by atoms with Crippen molar-refractivity contribution in [1.82, 2.24) is 0 Å². The van der Waals surface area contributed by atoms with Gasteiger partial charge < -0.3 is 5.21 Å². The Balaban J connectivity index is 3.11. The van der Waals surface area contributed by atoms with Crippen molar-refractivity contribution in [2.24, 2.45) is 5.16 Å². The lowest BCUT2D eigenvalue weighted by Crippen LogP contribution is -2.07. The summed E-state index contributed by atoms with van der Waals surface area (Å²) in [5.74, 6) is 0. The Morgan fingerprint density at radius 2 is 2.07 bits per heavy atom. The minimum atomic E-state index is -0.581. The second kappa shape index (κ2) is 4.90. The van der Waals surface area contributed by atoms with Gasteiger partial charge in [-0.3, -0.25) is 10.1 Å². The second-order valence-corrected chi connectivity index (χ2v) is 2.88. The average Bonchev–Trinajstić information content (AvgIpc) is 2.26. The maximum atomic E-state index is 10.6. The molecule has 0 atom stereocenters. The van der Waals surface area contributed by atoms with Crippen molar-refractivity contribution in [3.05, 3.63) is 51.7 Å². The summed E-state index contributed by atoms with van der Waals surface area (Å²) in [6.07, 6.45) is 1.36. The zero-order chi connectivity index (χ0) is 11.3. The third kappa shape index (κ3) is 2.91. The van der Waals surface area contributed by atoms with Crippen molar-refractivity contribution in [2.45, 2.75) is 6.92 Å². The van der Waals surface area contributed by atoms with Gasteiger partial charge in [-0.1, -0.05) is 35.5 Å². The molecule has 5 heteroatoms. The summed E-state index contributed by atoms with van der Waals surface area (Å²) in [6, 6.07) is 8.82. The maximum absolute atomic E-state index is 10.6. The van der Waals surface area contributed by atoms with Crippen LogP contribution in [-0.4, -0.2) is 15.8 Å². The van der Waals surface area contributed by atoms with Gasteiger partial charge in [0.25, 0.3) is 5.70 Å². The maximum Gasteiger partial charge on any atom is 0.294 e. The molecule has 0 aromatic heterocycles. The molecule has 0 saturated heterocycles. The Kier molecular flexibility index (Phi) is 3.56. The van der Waals surface area contributed by atoms with Crippen LogP contribution in [0.4, 0.5) is 0 Å². The number of nitrogens with zero attached hydrogens (tertiary/aromatic N) is 2. The highest BCUT2D eigenvalue weighted by atomic mass is 16.6. The van der Waals surface area contributed by atoms with E-state index in [1.165, 1.54) is 13.0 Å². The highest BCUT2D eigenvalue weighted by Gasteiger charge is 2.15. The highest BCUT2D eigenvalue weighted by Crippen LogP contribution is 2.08. The molecule has 0 unspecified atom stereocenters. The number of rotatable bonds is 3. The van der Waals surface area contributed by atoms with E-state index in [0.717, 1.165) is 0 Å². The molecule has 5 nitrogen and oxygen atoms in total. The van der Waals surface area contributed by atoms with Crippen LogP contribution in [0.1, 0.15) is 12.5 Å². The standard InChI is InChI=1S/C10H10N2O3/c1-8(11-13)10(12(14)15)7-9-5-3-2-4-6-9/h2-7,13H,1H3. The van der Waals surface area contributed by atoms with Crippen molar-refractivity contribution in [2.75, 3.05) is 0 Å². The van der Waals surface area contributed by atoms with Crippen molar-refractivity contribution < 1.29 is 10.1 Å². The smallest absolute Gasteiger partial charge is 0.294 e. The molecule has 0 aliphatic rings. The Labute approximate surface area is 86.5 Å². The molecule has 1 N–H and O–H groups in total. The van der Waals surface area contributed by atoms with Gasteiger partial charge >= 0.3 is 0 Å². The van der Waals surface area contributed by atoms with E-state index in [1.807, 2.05) is 6.07 Å². The van der Waals surface area contributed by atoms with Crippen LogP contribution >= 0.6 is 0 Å². The molecular weight excluding hydrogens is 196 g/mol. The lowest BCUT2D eigenvalue weighted by molar-refractivity contribution is -0.413. The monoisotopic (exact) mass is 206 g/mol. The summed E-state index contributed by atoms with van der Waals surface area (Å²) in [4.78, 5) is 10.1. The van der Waals surface area contributed by atoms with Crippen LogP contribution in [0.3, 0.4) is 0 Å². The fraction of sp³-hybridized carbons (Fsp3) is 0.100. The SMILES string of the molecule is CC(=NO)C(=Cc1ccccc1)[N+](=O)[O-]. The predicted octanol–water partition coefficient (Wildman–Crippen LogP) is 2.15. The molecular formula is C10H10N2O3. The minimum absolute atomic E-state index is 0.0242. The third-order valence-corrected chi connectivity index (χ3v) is 1.82. The van der Waals surface area contributed by atoms with Gasteiger partial charge in [0.1, 0.15) is 0 Å². The van der Waals surface area contributed by atoms with E-state index < -0.39 is 4.92 Å². The molecule has 0 aliphatic carbocycles. The summed E-state index contributed by atoms with van der Waals surface area (Å²) in [7, 11) is 0. The van der Waals surface area contributed by atoms with Gasteiger partial charge in [-0.25, -0.2) is 0 Å². The van der Waals surface area contributed by atoms with Crippen LogP contribution < -0.4 is 0 Å².